The number of nitrogens with one attached hydrogen (secondary N) is 3. The van der Waals surface area contributed by atoms with Crippen LogP contribution in [0.15, 0.2) is 91.9 Å². The molecular formula is C31H22FN7S. The summed E-state index contributed by atoms with van der Waals surface area (Å²) in [5, 5.41) is 11.2. The van der Waals surface area contributed by atoms with Crippen LogP contribution in [0.3, 0.4) is 0 Å². The first kappa shape index (κ1) is 23.9. The molecule has 40 heavy (non-hydrogen) atoms. The first-order chi connectivity index (χ1) is 19.5. The van der Waals surface area contributed by atoms with Crippen molar-refractivity contribution >= 4 is 44.7 Å². The van der Waals surface area contributed by atoms with Gasteiger partial charge in [0.2, 0.25) is 0 Å². The Bertz CT molecular complexity index is 2040. The van der Waals surface area contributed by atoms with Gasteiger partial charge >= 0.3 is 0 Å². The topological polar surface area (TPSA) is 95.2 Å². The van der Waals surface area contributed by atoms with E-state index in [1.807, 2.05) is 54.6 Å². The molecule has 2 aromatic carbocycles. The normalized spacial score (nSPS) is 11.3. The number of anilines is 1. The van der Waals surface area contributed by atoms with Crippen molar-refractivity contribution in [2.45, 2.75) is 6.92 Å². The lowest BCUT2D eigenvalue weighted by atomic mass is 10.0. The summed E-state index contributed by atoms with van der Waals surface area (Å²) in [5.41, 5.74) is 7.11. The van der Waals surface area contributed by atoms with Crippen molar-refractivity contribution in [3.8, 4) is 33.2 Å². The van der Waals surface area contributed by atoms with Crippen molar-refractivity contribution in [2.24, 2.45) is 0 Å². The molecule has 0 amide bonds. The van der Waals surface area contributed by atoms with Gasteiger partial charge in [0.15, 0.2) is 5.82 Å². The van der Waals surface area contributed by atoms with Gasteiger partial charge in [-0.05, 0) is 54.4 Å². The van der Waals surface area contributed by atoms with Crippen LogP contribution in [0.25, 0.3) is 60.8 Å². The van der Waals surface area contributed by atoms with Crippen molar-refractivity contribution < 1.29 is 4.39 Å². The predicted molar refractivity (Wildman–Crippen MR) is 159 cm³/mol. The number of fused-ring (bicyclic) bond motifs is 2. The molecule has 0 spiro atoms. The van der Waals surface area contributed by atoms with E-state index in [2.05, 4.69) is 50.0 Å². The highest BCUT2D eigenvalue weighted by molar-refractivity contribution is 7.15. The molecule has 0 bridgehead atoms. The van der Waals surface area contributed by atoms with Gasteiger partial charge in [0.25, 0.3) is 0 Å². The number of aromatic nitrogens is 6. The number of nitrogens with zero attached hydrogens (tertiary/aromatic N) is 4. The van der Waals surface area contributed by atoms with Crippen molar-refractivity contribution in [1.29, 1.82) is 0 Å². The molecule has 0 aliphatic carbocycles. The third kappa shape index (κ3) is 4.22. The van der Waals surface area contributed by atoms with E-state index in [-0.39, 0.29) is 0 Å². The van der Waals surface area contributed by atoms with E-state index in [1.54, 1.807) is 29.9 Å². The Kier molecular flexibility index (Phi) is 5.71. The van der Waals surface area contributed by atoms with Crippen LogP contribution in [0, 0.1) is 12.7 Å². The van der Waals surface area contributed by atoms with Crippen molar-refractivity contribution in [2.75, 3.05) is 5.32 Å². The van der Waals surface area contributed by atoms with E-state index in [0.717, 1.165) is 44.1 Å². The molecule has 0 atom stereocenters. The molecular weight excluding hydrogens is 521 g/mol. The fraction of sp³-hybridized carbons (Fsp3) is 0.0323. The van der Waals surface area contributed by atoms with Crippen LogP contribution < -0.4 is 5.32 Å². The number of hydrogen-bond donors (Lipinski definition) is 3. The zero-order valence-corrected chi connectivity index (χ0v) is 22.2. The molecule has 0 radical (unpaired) electrons. The summed E-state index contributed by atoms with van der Waals surface area (Å²) in [7, 11) is 0. The Morgan fingerprint density at radius 1 is 0.975 bits per heavy atom. The van der Waals surface area contributed by atoms with Crippen LogP contribution in [0.2, 0.25) is 0 Å². The highest BCUT2D eigenvalue weighted by Crippen LogP contribution is 2.35. The van der Waals surface area contributed by atoms with Gasteiger partial charge in [-0.15, -0.1) is 11.3 Å². The van der Waals surface area contributed by atoms with Crippen molar-refractivity contribution in [3.05, 3.63) is 108 Å². The zero-order valence-electron chi connectivity index (χ0n) is 21.4. The van der Waals surface area contributed by atoms with Gasteiger partial charge in [-0.3, -0.25) is 15.1 Å². The minimum Gasteiger partial charge on any atom is -0.354 e. The number of aryl methyl sites for hydroxylation is 1. The number of aromatic amines is 2. The number of halogens is 1. The van der Waals surface area contributed by atoms with Crippen LogP contribution in [0.4, 0.5) is 10.1 Å². The van der Waals surface area contributed by atoms with Crippen LogP contribution in [0.5, 0.6) is 0 Å². The van der Waals surface area contributed by atoms with Gasteiger partial charge in [0.1, 0.15) is 28.2 Å². The zero-order chi connectivity index (χ0) is 27.2. The number of rotatable bonds is 6. The van der Waals surface area contributed by atoms with Gasteiger partial charge < -0.3 is 10.3 Å². The smallest absolute Gasteiger partial charge is 0.159 e. The van der Waals surface area contributed by atoms with Gasteiger partial charge in [0.05, 0.1) is 22.3 Å². The minimum atomic E-state index is -0.411. The van der Waals surface area contributed by atoms with E-state index in [0.29, 0.717) is 28.0 Å². The Labute approximate surface area is 232 Å². The van der Waals surface area contributed by atoms with Crippen LogP contribution in [0.1, 0.15) is 10.4 Å². The summed E-state index contributed by atoms with van der Waals surface area (Å²) in [4.78, 5) is 19.4. The second-order valence-electron chi connectivity index (χ2n) is 9.44. The molecule has 9 heteroatoms. The summed E-state index contributed by atoms with van der Waals surface area (Å²) in [6.07, 6.45) is 5.18. The number of hydrogen-bond acceptors (Lipinski definition) is 6. The maximum Gasteiger partial charge on any atom is 0.159 e. The summed E-state index contributed by atoms with van der Waals surface area (Å²) in [5.74, 6) is 0.124. The van der Waals surface area contributed by atoms with Gasteiger partial charge in [-0.2, -0.15) is 5.10 Å². The summed E-state index contributed by atoms with van der Waals surface area (Å²) in [6, 6.07) is 21.1. The molecule has 5 aromatic heterocycles. The fourth-order valence-electron chi connectivity index (χ4n) is 4.77. The lowest BCUT2D eigenvalue weighted by molar-refractivity contribution is 0.636. The van der Waals surface area contributed by atoms with Crippen molar-refractivity contribution in [3.63, 3.8) is 0 Å². The molecule has 0 aliphatic rings. The molecule has 7 rings (SSSR count). The van der Waals surface area contributed by atoms with Crippen LogP contribution >= 0.6 is 11.3 Å². The van der Waals surface area contributed by atoms with E-state index in [4.69, 9.17) is 4.98 Å². The van der Waals surface area contributed by atoms with Gasteiger partial charge in [-0.1, -0.05) is 36.9 Å². The summed E-state index contributed by atoms with van der Waals surface area (Å²) >= 11 is 1.67. The predicted octanol–water partition coefficient (Wildman–Crippen LogP) is 7.82. The molecule has 0 saturated carbocycles. The largest absolute Gasteiger partial charge is 0.354 e. The quantitative estimate of drug-likeness (QED) is 0.199. The maximum absolute atomic E-state index is 15.3. The second kappa shape index (κ2) is 9.55. The monoisotopic (exact) mass is 543 g/mol. The van der Waals surface area contributed by atoms with Crippen molar-refractivity contribution in [1.82, 2.24) is 30.1 Å². The van der Waals surface area contributed by atoms with Crippen LogP contribution in [-0.4, -0.2) is 30.1 Å². The number of benzene rings is 2. The maximum atomic E-state index is 15.3. The Morgan fingerprint density at radius 2 is 1.85 bits per heavy atom. The van der Waals surface area contributed by atoms with E-state index in [9.17, 15) is 0 Å². The minimum absolute atomic E-state index is 0.311. The Morgan fingerprint density at radius 3 is 2.67 bits per heavy atom. The summed E-state index contributed by atoms with van der Waals surface area (Å²) in [6.45, 7) is 6.20. The van der Waals surface area contributed by atoms with Crippen LogP contribution in [-0.2, 0) is 0 Å². The third-order valence-corrected chi connectivity index (χ3v) is 7.72. The molecule has 0 aliphatic heterocycles. The molecule has 5 heterocycles. The third-order valence-electron chi connectivity index (χ3n) is 6.71. The molecule has 7 nitrogen and oxygen atoms in total. The molecule has 3 N–H and O–H groups in total. The Hall–Kier alpha value is -5.15. The lowest BCUT2D eigenvalue weighted by Crippen LogP contribution is -1.98. The average Bonchev–Trinajstić information content (AvgIpc) is 3.71. The molecule has 194 valence electrons. The fourth-order valence-corrected chi connectivity index (χ4v) is 5.63. The highest BCUT2D eigenvalue weighted by atomic mass is 32.1. The lowest BCUT2D eigenvalue weighted by Gasteiger charge is -2.11. The van der Waals surface area contributed by atoms with Gasteiger partial charge in [-0.25, -0.2) is 9.37 Å². The number of imidazole rings is 1. The Balaban J connectivity index is 1.28. The first-order valence-electron chi connectivity index (χ1n) is 12.6. The van der Waals surface area contributed by atoms with E-state index >= 15 is 4.39 Å². The molecule has 0 fully saturated rings. The molecule has 0 unspecified atom stereocenters. The summed E-state index contributed by atoms with van der Waals surface area (Å²) < 4.78 is 15.3. The number of H-pyrrole nitrogens is 2. The van der Waals surface area contributed by atoms with E-state index < -0.39 is 5.82 Å². The average molecular weight is 544 g/mol. The highest BCUT2D eigenvalue weighted by Gasteiger charge is 2.19. The molecule has 0 saturated heterocycles. The number of pyridine rings is 2. The second-order valence-corrected chi connectivity index (χ2v) is 10.7. The SMILES string of the molecule is C=C(Nc1cncc(-c2cc(F)c3[nH]nc(-c4nc5c(-c6ccc(C)s6)nccc5[nH]4)c3c2)c1)c1ccccc1. The number of thiophene rings is 1. The van der Waals surface area contributed by atoms with Gasteiger partial charge in [0, 0.05) is 33.9 Å². The standard InChI is InChI=1S/C31H22FN7S/c1-17-8-9-26(40-17)30-29-25(10-11-34-30)36-31(37-29)28-23-13-20(14-24(32)27(23)38-39-28)21-12-22(16-33-15-21)35-18(2)19-6-4-3-5-7-19/h3-16,35H,2H2,1H3,(H,36,37)(H,38,39). The first-order valence-corrected chi connectivity index (χ1v) is 13.4. The molecule has 7 aromatic rings. The van der Waals surface area contributed by atoms with E-state index in [1.165, 1.54) is 10.9 Å².